The van der Waals surface area contributed by atoms with Gasteiger partial charge < -0.3 is 30.3 Å². The van der Waals surface area contributed by atoms with Gasteiger partial charge in [0.15, 0.2) is 5.75 Å². The van der Waals surface area contributed by atoms with Gasteiger partial charge in [-0.15, -0.1) is 0 Å². The number of amides is 2. The summed E-state index contributed by atoms with van der Waals surface area (Å²) in [5, 5.41) is 11.0. The van der Waals surface area contributed by atoms with Gasteiger partial charge in [-0.3, -0.25) is 9.59 Å². The molecule has 0 spiro atoms. The van der Waals surface area contributed by atoms with Crippen LogP contribution >= 0.6 is 34.8 Å². The van der Waals surface area contributed by atoms with Gasteiger partial charge in [0.25, 0.3) is 0 Å². The van der Waals surface area contributed by atoms with Crippen molar-refractivity contribution < 1.29 is 23.5 Å². The molecular formula is C40H38Cl3FN6O4. The van der Waals surface area contributed by atoms with E-state index in [1.807, 2.05) is 60.5 Å². The zero-order valence-corrected chi connectivity index (χ0v) is 32.1. The number of nitrogens with zero attached hydrogens (tertiary/aromatic N) is 3. The standard InChI is InChI=1S/C40H38Cl3FN6O4/c1-50(20-22-11-15-35(52)47-22)33-16-29(41)38-27(39(33)53-2)12-13-31(48-38)25-8-4-6-23(36(25)42)24-7-5-9-26(37(24)43)32-17-30(44)28(40(49-32)54-3)19-45-18-21-10-14-34(51)46-21/h4-9,12-13,16-17,21-22,45H,10-11,14-15,18-20H2,1-3H3,(H,46,51)(H,47,52)/t21-,22-/m0/s1. The Balaban J connectivity index is 1.18. The summed E-state index contributed by atoms with van der Waals surface area (Å²) in [7, 11) is 4.99. The number of hydrogen-bond acceptors (Lipinski definition) is 8. The lowest BCUT2D eigenvalue weighted by Crippen LogP contribution is -2.37. The first kappa shape index (κ1) is 37.6. The van der Waals surface area contributed by atoms with Crippen LogP contribution in [-0.2, 0) is 16.1 Å². The van der Waals surface area contributed by atoms with Crippen LogP contribution in [0, 0.1) is 5.82 Å². The molecule has 2 amide bonds. The topological polar surface area (TPSA) is 118 Å². The number of ether oxygens (including phenoxy) is 2. The number of hydrogen-bond donors (Lipinski definition) is 3. The number of anilines is 1. The number of fused-ring (bicyclic) bond motifs is 1. The highest BCUT2D eigenvalue weighted by molar-refractivity contribution is 6.39. The summed E-state index contributed by atoms with van der Waals surface area (Å²) in [5.41, 5.74) is 4.93. The van der Waals surface area contributed by atoms with Gasteiger partial charge >= 0.3 is 0 Å². The number of carbonyl (C=O) groups is 2. The third-order valence-corrected chi connectivity index (χ3v) is 11.0. The second kappa shape index (κ2) is 16.0. The predicted octanol–water partition coefficient (Wildman–Crippen LogP) is 7.83. The van der Waals surface area contributed by atoms with Crippen LogP contribution in [0.2, 0.25) is 15.1 Å². The zero-order chi connectivity index (χ0) is 38.1. The molecule has 10 nitrogen and oxygen atoms in total. The molecule has 14 heteroatoms. The summed E-state index contributed by atoms with van der Waals surface area (Å²) in [4.78, 5) is 34.9. The molecule has 2 fully saturated rings. The molecule has 0 aliphatic carbocycles. The Labute approximate surface area is 327 Å². The van der Waals surface area contributed by atoms with Gasteiger partial charge in [-0.25, -0.2) is 14.4 Å². The second-order valence-electron chi connectivity index (χ2n) is 13.4. The van der Waals surface area contributed by atoms with E-state index in [-0.39, 0.29) is 41.9 Å². The third-order valence-electron chi connectivity index (χ3n) is 9.90. The van der Waals surface area contributed by atoms with Crippen LogP contribution in [0.15, 0.2) is 60.7 Å². The van der Waals surface area contributed by atoms with Crippen LogP contribution in [0.5, 0.6) is 11.6 Å². The number of aromatic nitrogens is 2. The molecule has 280 valence electrons. The van der Waals surface area contributed by atoms with Crippen molar-refractivity contribution in [3.8, 4) is 45.3 Å². The molecule has 2 atom stereocenters. The van der Waals surface area contributed by atoms with Gasteiger partial charge in [0, 0.05) is 85.3 Å². The molecule has 2 aliphatic heterocycles. The lowest BCUT2D eigenvalue weighted by molar-refractivity contribution is -0.120. The van der Waals surface area contributed by atoms with Crippen LogP contribution in [0.25, 0.3) is 44.5 Å². The molecule has 0 unspecified atom stereocenters. The Bertz CT molecular complexity index is 2270. The molecule has 7 rings (SSSR count). The van der Waals surface area contributed by atoms with Crippen molar-refractivity contribution in [1.82, 2.24) is 25.9 Å². The minimum absolute atomic E-state index is 0.00369. The molecule has 3 aromatic carbocycles. The van der Waals surface area contributed by atoms with E-state index in [9.17, 15) is 9.59 Å². The van der Waals surface area contributed by atoms with Crippen molar-refractivity contribution in [3.63, 3.8) is 0 Å². The monoisotopic (exact) mass is 790 g/mol. The number of likely N-dealkylation sites (N-methyl/N-ethyl adjacent to an activating group) is 1. The Morgan fingerprint density at radius 3 is 2.07 bits per heavy atom. The first-order valence-electron chi connectivity index (χ1n) is 17.6. The minimum Gasteiger partial charge on any atom is -0.494 e. The Kier molecular flexibility index (Phi) is 11.1. The van der Waals surface area contributed by atoms with Crippen molar-refractivity contribution in [2.75, 3.05) is 39.3 Å². The average Bonchev–Trinajstić information content (AvgIpc) is 3.78. The highest BCUT2D eigenvalue weighted by Crippen LogP contribution is 2.44. The van der Waals surface area contributed by atoms with E-state index in [1.165, 1.54) is 13.2 Å². The summed E-state index contributed by atoms with van der Waals surface area (Å²) < 4.78 is 27.0. The van der Waals surface area contributed by atoms with Crippen LogP contribution in [-0.4, -0.2) is 68.2 Å². The van der Waals surface area contributed by atoms with Crippen molar-refractivity contribution in [3.05, 3.63) is 87.1 Å². The SMILES string of the molecule is COc1nc(-c2cccc(-c3cccc(-c4ccc5c(OC)c(N(C)C[C@@H]6CCC(=O)N6)cc(Cl)c5n4)c3Cl)c2Cl)cc(F)c1CNC[C@@H]1CCC(=O)N1. The fraction of sp³-hybridized carbons (Fsp3) is 0.300. The van der Waals surface area contributed by atoms with Gasteiger partial charge in [-0.05, 0) is 31.0 Å². The lowest BCUT2D eigenvalue weighted by Gasteiger charge is -2.26. The van der Waals surface area contributed by atoms with E-state index >= 15 is 4.39 Å². The molecule has 0 radical (unpaired) electrons. The summed E-state index contributed by atoms with van der Waals surface area (Å²) >= 11 is 21.1. The van der Waals surface area contributed by atoms with Crippen molar-refractivity contribution in [2.45, 2.75) is 44.3 Å². The lowest BCUT2D eigenvalue weighted by atomic mass is 9.97. The smallest absolute Gasteiger partial charge is 0.221 e. The minimum atomic E-state index is -0.500. The number of pyridine rings is 2. The molecule has 0 saturated carbocycles. The van der Waals surface area contributed by atoms with Crippen molar-refractivity contribution >= 4 is 63.2 Å². The average molecular weight is 792 g/mol. The van der Waals surface area contributed by atoms with Crippen LogP contribution < -0.4 is 30.3 Å². The summed E-state index contributed by atoms with van der Waals surface area (Å²) in [5.74, 6) is 0.331. The highest BCUT2D eigenvalue weighted by Gasteiger charge is 2.26. The maximum Gasteiger partial charge on any atom is 0.221 e. The predicted molar refractivity (Wildman–Crippen MR) is 211 cm³/mol. The number of rotatable bonds is 12. The maximum atomic E-state index is 15.6. The first-order chi connectivity index (χ1) is 26.1. The van der Waals surface area contributed by atoms with Crippen molar-refractivity contribution in [1.29, 1.82) is 0 Å². The Hall–Kier alpha value is -4.68. The Morgan fingerprint density at radius 1 is 0.833 bits per heavy atom. The zero-order valence-electron chi connectivity index (χ0n) is 29.9. The van der Waals surface area contributed by atoms with Crippen LogP contribution in [0.1, 0.15) is 31.2 Å². The second-order valence-corrected chi connectivity index (χ2v) is 14.6. The van der Waals surface area contributed by atoms with E-state index in [0.29, 0.717) is 85.9 Å². The van der Waals surface area contributed by atoms with Gasteiger partial charge in [-0.1, -0.05) is 71.2 Å². The van der Waals surface area contributed by atoms with Gasteiger partial charge in [0.05, 0.1) is 57.4 Å². The number of halogens is 4. The number of carbonyl (C=O) groups excluding carboxylic acids is 2. The van der Waals surface area contributed by atoms with Crippen LogP contribution in [0.4, 0.5) is 10.1 Å². The van der Waals surface area contributed by atoms with Crippen molar-refractivity contribution in [2.24, 2.45) is 0 Å². The molecular weight excluding hydrogens is 754 g/mol. The molecule has 3 N–H and O–H groups in total. The first-order valence-corrected chi connectivity index (χ1v) is 18.7. The molecule has 0 bridgehead atoms. The summed E-state index contributed by atoms with van der Waals surface area (Å²) in [6.45, 7) is 1.28. The normalized spacial score (nSPS) is 16.8. The molecule has 2 aromatic heterocycles. The van der Waals surface area contributed by atoms with E-state index in [0.717, 1.165) is 23.9 Å². The van der Waals surface area contributed by atoms with Gasteiger partial charge in [0.1, 0.15) is 5.82 Å². The van der Waals surface area contributed by atoms with Crippen LogP contribution in [0.3, 0.4) is 0 Å². The number of benzene rings is 3. The quantitative estimate of drug-likeness (QED) is 0.117. The highest BCUT2D eigenvalue weighted by atomic mass is 35.5. The number of methoxy groups -OCH3 is 2. The fourth-order valence-corrected chi connectivity index (χ4v) is 8.07. The van der Waals surface area contributed by atoms with Gasteiger partial charge in [-0.2, -0.15) is 0 Å². The molecule has 5 aromatic rings. The Morgan fingerprint density at radius 2 is 1.46 bits per heavy atom. The molecule has 54 heavy (non-hydrogen) atoms. The number of nitrogens with one attached hydrogen (secondary N) is 3. The largest absolute Gasteiger partial charge is 0.494 e. The summed E-state index contributed by atoms with van der Waals surface area (Å²) in [6, 6.07) is 18.0. The maximum absolute atomic E-state index is 15.6. The molecule has 2 aliphatic rings. The van der Waals surface area contributed by atoms with E-state index in [2.05, 4.69) is 20.9 Å². The van der Waals surface area contributed by atoms with Gasteiger partial charge in [0.2, 0.25) is 17.7 Å². The molecule has 2 saturated heterocycles. The van der Waals surface area contributed by atoms with E-state index in [4.69, 9.17) is 49.3 Å². The fourth-order valence-electron chi connectivity index (χ4n) is 7.17. The molecule has 4 heterocycles. The summed E-state index contributed by atoms with van der Waals surface area (Å²) in [6.07, 6.45) is 2.51. The van der Waals surface area contributed by atoms with E-state index < -0.39 is 5.82 Å². The third kappa shape index (κ3) is 7.50. The van der Waals surface area contributed by atoms with E-state index in [1.54, 1.807) is 13.2 Å².